The molecule has 0 aromatic carbocycles. The number of amides is 2. The highest BCUT2D eigenvalue weighted by Gasteiger charge is 2.38. The number of nitrogens with one attached hydrogen (secondary N) is 3. The van der Waals surface area contributed by atoms with E-state index in [-0.39, 0.29) is 23.3 Å². The van der Waals surface area contributed by atoms with Gasteiger partial charge in [-0.2, -0.15) is 0 Å². The number of carbonyl (C=O) groups excluding carboxylic acids is 2. The van der Waals surface area contributed by atoms with Crippen LogP contribution in [0.15, 0.2) is 0 Å². The average Bonchev–Trinajstić information content (AvgIpc) is 2.38. The standard InChI is InChI=1S/C14H27N3O2/c1-5-14(7-6-8-15-9-14)13(19)17-11(4)12(18)16-10(2)3/h10-11,15H,5-9H2,1-4H3,(H,16,18)(H,17,19). The van der Waals surface area contributed by atoms with Gasteiger partial charge in [0, 0.05) is 12.6 Å². The Morgan fingerprint density at radius 3 is 2.42 bits per heavy atom. The Labute approximate surface area is 115 Å². The fourth-order valence-electron chi connectivity index (χ4n) is 2.45. The van der Waals surface area contributed by atoms with Crippen molar-refractivity contribution in [3.8, 4) is 0 Å². The van der Waals surface area contributed by atoms with E-state index < -0.39 is 6.04 Å². The number of carbonyl (C=O) groups is 2. The van der Waals surface area contributed by atoms with E-state index in [0.717, 1.165) is 25.8 Å². The maximum atomic E-state index is 12.4. The van der Waals surface area contributed by atoms with Crippen molar-refractivity contribution >= 4 is 11.8 Å². The fraction of sp³-hybridized carbons (Fsp3) is 0.857. The highest BCUT2D eigenvalue weighted by molar-refractivity contribution is 5.90. The Morgan fingerprint density at radius 1 is 1.26 bits per heavy atom. The highest BCUT2D eigenvalue weighted by atomic mass is 16.2. The summed E-state index contributed by atoms with van der Waals surface area (Å²) in [6.07, 6.45) is 2.69. The van der Waals surface area contributed by atoms with Gasteiger partial charge in [-0.15, -0.1) is 0 Å². The third-order valence-electron chi connectivity index (χ3n) is 3.80. The van der Waals surface area contributed by atoms with Gasteiger partial charge in [-0.1, -0.05) is 6.92 Å². The first-order valence-corrected chi connectivity index (χ1v) is 7.23. The predicted molar refractivity (Wildman–Crippen MR) is 75.7 cm³/mol. The zero-order chi connectivity index (χ0) is 14.5. The summed E-state index contributed by atoms with van der Waals surface area (Å²) >= 11 is 0. The third-order valence-corrected chi connectivity index (χ3v) is 3.80. The summed E-state index contributed by atoms with van der Waals surface area (Å²) in [5.74, 6) is -0.132. The van der Waals surface area contributed by atoms with Gasteiger partial charge in [-0.25, -0.2) is 0 Å². The minimum absolute atomic E-state index is 0.00592. The van der Waals surface area contributed by atoms with Crippen LogP contribution in [0.3, 0.4) is 0 Å². The Bertz CT molecular complexity index is 323. The average molecular weight is 269 g/mol. The van der Waals surface area contributed by atoms with E-state index >= 15 is 0 Å². The molecule has 2 amide bonds. The van der Waals surface area contributed by atoms with Crippen molar-refractivity contribution in [3.63, 3.8) is 0 Å². The quantitative estimate of drug-likeness (QED) is 0.691. The molecular weight excluding hydrogens is 242 g/mol. The molecule has 0 aromatic rings. The van der Waals surface area contributed by atoms with Crippen molar-refractivity contribution < 1.29 is 9.59 Å². The molecule has 2 unspecified atom stereocenters. The second-order valence-electron chi connectivity index (χ2n) is 5.77. The number of hydrogen-bond donors (Lipinski definition) is 3. The molecule has 5 nitrogen and oxygen atoms in total. The molecule has 0 aromatic heterocycles. The summed E-state index contributed by atoms with van der Waals surface area (Å²) in [4.78, 5) is 24.2. The van der Waals surface area contributed by atoms with Gasteiger partial charge in [-0.05, 0) is 46.6 Å². The first-order valence-electron chi connectivity index (χ1n) is 7.23. The highest BCUT2D eigenvalue weighted by Crippen LogP contribution is 2.30. The molecule has 0 spiro atoms. The van der Waals surface area contributed by atoms with Gasteiger partial charge in [0.1, 0.15) is 6.04 Å². The molecule has 0 aliphatic carbocycles. The molecule has 1 aliphatic rings. The van der Waals surface area contributed by atoms with Crippen LogP contribution in [0.1, 0.15) is 47.0 Å². The molecule has 0 bridgehead atoms. The van der Waals surface area contributed by atoms with Gasteiger partial charge in [-0.3, -0.25) is 9.59 Å². The van der Waals surface area contributed by atoms with Gasteiger partial charge in [0.15, 0.2) is 0 Å². The third kappa shape index (κ3) is 4.20. The largest absolute Gasteiger partial charge is 0.352 e. The SMILES string of the molecule is CCC1(C(=O)NC(C)C(=O)NC(C)C)CCCNC1. The second-order valence-corrected chi connectivity index (χ2v) is 5.77. The van der Waals surface area contributed by atoms with Gasteiger partial charge in [0.05, 0.1) is 5.41 Å². The molecule has 0 radical (unpaired) electrons. The van der Waals surface area contributed by atoms with Gasteiger partial charge in [0.25, 0.3) is 0 Å². The van der Waals surface area contributed by atoms with Crippen molar-refractivity contribution in [3.05, 3.63) is 0 Å². The van der Waals surface area contributed by atoms with Crippen LogP contribution in [-0.2, 0) is 9.59 Å². The van der Waals surface area contributed by atoms with E-state index in [0.29, 0.717) is 6.54 Å². The van der Waals surface area contributed by atoms with E-state index in [1.807, 2.05) is 20.8 Å². The van der Waals surface area contributed by atoms with Crippen LogP contribution in [0.2, 0.25) is 0 Å². The van der Waals surface area contributed by atoms with Crippen LogP contribution in [0, 0.1) is 5.41 Å². The molecule has 1 rings (SSSR count). The lowest BCUT2D eigenvalue weighted by molar-refractivity contribution is -0.136. The second kappa shape index (κ2) is 6.89. The smallest absolute Gasteiger partial charge is 0.242 e. The Kier molecular flexibility index (Phi) is 5.79. The van der Waals surface area contributed by atoms with Crippen molar-refractivity contribution in [2.24, 2.45) is 5.41 Å². The summed E-state index contributed by atoms with van der Waals surface area (Å²) in [7, 11) is 0. The van der Waals surface area contributed by atoms with Crippen LogP contribution >= 0.6 is 0 Å². The maximum Gasteiger partial charge on any atom is 0.242 e. The predicted octanol–water partition coefficient (Wildman–Crippen LogP) is 0.795. The van der Waals surface area contributed by atoms with Crippen LogP contribution in [0.5, 0.6) is 0 Å². The lowest BCUT2D eigenvalue weighted by Gasteiger charge is -2.36. The van der Waals surface area contributed by atoms with Gasteiger partial charge >= 0.3 is 0 Å². The zero-order valence-electron chi connectivity index (χ0n) is 12.5. The molecular formula is C14H27N3O2. The van der Waals surface area contributed by atoms with E-state index in [4.69, 9.17) is 0 Å². The Balaban J connectivity index is 2.59. The first-order chi connectivity index (χ1) is 8.91. The molecule has 3 N–H and O–H groups in total. The molecule has 19 heavy (non-hydrogen) atoms. The Morgan fingerprint density at radius 2 is 1.95 bits per heavy atom. The van der Waals surface area contributed by atoms with Crippen molar-refractivity contribution in [1.29, 1.82) is 0 Å². The van der Waals surface area contributed by atoms with Crippen LogP contribution in [0.25, 0.3) is 0 Å². The molecule has 1 saturated heterocycles. The fourth-order valence-corrected chi connectivity index (χ4v) is 2.45. The van der Waals surface area contributed by atoms with Gasteiger partial charge in [0.2, 0.25) is 11.8 Å². The van der Waals surface area contributed by atoms with Crippen LogP contribution < -0.4 is 16.0 Å². The lowest BCUT2D eigenvalue weighted by Crippen LogP contribution is -2.55. The zero-order valence-corrected chi connectivity index (χ0v) is 12.5. The number of rotatable bonds is 5. The van der Waals surface area contributed by atoms with Crippen LogP contribution in [0.4, 0.5) is 0 Å². The summed E-state index contributed by atoms with van der Waals surface area (Å²) in [6, 6.07) is -0.399. The van der Waals surface area contributed by atoms with E-state index in [1.165, 1.54) is 0 Å². The Hall–Kier alpha value is -1.10. The minimum Gasteiger partial charge on any atom is -0.352 e. The van der Waals surface area contributed by atoms with Crippen molar-refractivity contribution in [2.45, 2.75) is 59.0 Å². The topological polar surface area (TPSA) is 70.2 Å². The van der Waals surface area contributed by atoms with E-state index in [1.54, 1.807) is 6.92 Å². The minimum atomic E-state index is -0.486. The summed E-state index contributed by atoms with van der Waals surface area (Å²) in [5, 5.41) is 8.95. The molecule has 1 heterocycles. The van der Waals surface area contributed by atoms with E-state index in [9.17, 15) is 9.59 Å². The maximum absolute atomic E-state index is 12.4. The van der Waals surface area contributed by atoms with Crippen LogP contribution in [-0.4, -0.2) is 37.0 Å². The summed E-state index contributed by atoms with van der Waals surface area (Å²) < 4.78 is 0. The molecule has 1 aliphatic heterocycles. The molecule has 2 atom stereocenters. The number of piperidine rings is 1. The molecule has 1 fully saturated rings. The molecule has 110 valence electrons. The van der Waals surface area contributed by atoms with Gasteiger partial charge < -0.3 is 16.0 Å². The normalized spacial score (nSPS) is 24.9. The monoisotopic (exact) mass is 269 g/mol. The summed E-state index contributed by atoms with van der Waals surface area (Å²) in [6.45, 7) is 9.25. The summed E-state index contributed by atoms with van der Waals surface area (Å²) in [5.41, 5.74) is -0.357. The lowest BCUT2D eigenvalue weighted by atomic mass is 9.77. The molecule has 0 saturated carbocycles. The first kappa shape index (κ1) is 16.0. The molecule has 5 heteroatoms. The van der Waals surface area contributed by atoms with Crippen molar-refractivity contribution in [1.82, 2.24) is 16.0 Å². The number of hydrogen-bond acceptors (Lipinski definition) is 3. The van der Waals surface area contributed by atoms with E-state index in [2.05, 4.69) is 16.0 Å². The van der Waals surface area contributed by atoms with Crippen molar-refractivity contribution in [2.75, 3.05) is 13.1 Å².